The summed E-state index contributed by atoms with van der Waals surface area (Å²) in [5.74, 6) is 1.56. The number of para-hydroxylation sites is 1. The van der Waals surface area contributed by atoms with Crippen LogP contribution < -0.4 is 4.74 Å². The van der Waals surface area contributed by atoms with Gasteiger partial charge in [-0.05, 0) is 37.8 Å². The molecule has 2 fully saturated rings. The number of rotatable bonds is 7. The first-order valence-corrected chi connectivity index (χ1v) is 11.8. The third kappa shape index (κ3) is 4.34. The third-order valence-corrected chi connectivity index (χ3v) is 7.86. The molecule has 1 saturated heterocycles. The van der Waals surface area contributed by atoms with Crippen molar-refractivity contribution < 1.29 is 17.9 Å². The Morgan fingerprint density at radius 2 is 1.97 bits per heavy atom. The lowest BCUT2D eigenvalue weighted by Crippen LogP contribution is -2.32. The summed E-state index contributed by atoms with van der Waals surface area (Å²) in [6, 6.07) is 7.89. The maximum Gasteiger partial charge on any atom is 0.214 e. The lowest BCUT2D eigenvalue weighted by molar-refractivity contribution is 0.182. The van der Waals surface area contributed by atoms with Crippen molar-refractivity contribution in [3.63, 3.8) is 0 Å². The number of aromatic nitrogens is 2. The molecule has 0 radical (unpaired) electrons. The minimum Gasteiger partial charge on any atom is -0.490 e. The van der Waals surface area contributed by atoms with Crippen LogP contribution in [0.15, 0.2) is 36.7 Å². The van der Waals surface area contributed by atoms with E-state index in [1.165, 1.54) is 17.1 Å². The van der Waals surface area contributed by atoms with Crippen molar-refractivity contribution in [2.45, 2.75) is 37.8 Å². The van der Waals surface area contributed by atoms with Crippen molar-refractivity contribution in [3.05, 3.63) is 36.7 Å². The van der Waals surface area contributed by atoms with Crippen LogP contribution in [0.2, 0.25) is 0 Å². The summed E-state index contributed by atoms with van der Waals surface area (Å²) in [5, 5.41) is 0. The molecule has 4 rings (SSSR count). The Hall–Kier alpha value is -1.90. The Bertz CT molecular complexity index is 935. The molecule has 1 aromatic carbocycles. The minimum absolute atomic E-state index is 0.0580. The van der Waals surface area contributed by atoms with Crippen molar-refractivity contribution in [2.24, 2.45) is 5.92 Å². The predicted molar refractivity (Wildman–Crippen MR) is 111 cm³/mol. The maximum absolute atomic E-state index is 12.4. The van der Waals surface area contributed by atoms with Gasteiger partial charge in [0.25, 0.3) is 0 Å². The van der Waals surface area contributed by atoms with Crippen LogP contribution in [0.25, 0.3) is 11.4 Å². The van der Waals surface area contributed by atoms with E-state index in [1.54, 1.807) is 20.3 Å². The van der Waals surface area contributed by atoms with Crippen LogP contribution in [-0.2, 0) is 14.8 Å². The summed E-state index contributed by atoms with van der Waals surface area (Å²) >= 11 is 0. The van der Waals surface area contributed by atoms with E-state index in [-0.39, 0.29) is 23.8 Å². The zero-order valence-corrected chi connectivity index (χ0v) is 17.8. The van der Waals surface area contributed by atoms with Gasteiger partial charge in [0.1, 0.15) is 11.6 Å². The van der Waals surface area contributed by atoms with Gasteiger partial charge in [0.2, 0.25) is 10.0 Å². The molecule has 0 spiro atoms. The second kappa shape index (κ2) is 8.45. The Kier molecular flexibility index (Phi) is 5.94. The molecule has 0 N–H and O–H groups in total. The van der Waals surface area contributed by atoms with Crippen LogP contribution in [0.4, 0.5) is 0 Å². The van der Waals surface area contributed by atoms with Gasteiger partial charge in [-0.25, -0.2) is 17.7 Å². The fraction of sp³-hybridized carbons (Fsp3) is 0.571. The number of ether oxygens (including phenoxy) is 2. The van der Waals surface area contributed by atoms with Gasteiger partial charge in [0, 0.05) is 32.4 Å². The first-order chi connectivity index (χ1) is 14.0. The molecule has 2 atom stereocenters. The van der Waals surface area contributed by atoms with E-state index in [4.69, 9.17) is 9.47 Å². The van der Waals surface area contributed by atoms with Gasteiger partial charge in [-0.3, -0.25) is 0 Å². The molecule has 0 amide bonds. The highest BCUT2D eigenvalue weighted by molar-refractivity contribution is 7.89. The van der Waals surface area contributed by atoms with Crippen LogP contribution in [0.1, 0.15) is 31.7 Å². The molecule has 1 aliphatic carbocycles. The summed E-state index contributed by atoms with van der Waals surface area (Å²) in [7, 11) is -0.174. The summed E-state index contributed by atoms with van der Waals surface area (Å²) in [6.45, 7) is 0.901. The van der Waals surface area contributed by atoms with Crippen LogP contribution in [0, 0.1) is 5.92 Å². The molecule has 2 aliphatic rings. The fourth-order valence-electron chi connectivity index (χ4n) is 4.20. The van der Waals surface area contributed by atoms with E-state index in [9.17, 15) is 8.42 Å². The average molecular weight is 420 g/mol. The molecule has 29 heavy (non-hydrogen) atoms. The summed E-state index contributed by atoms with van der Waals surface area (Å²) in [4.78, 5) is 4.60. The van der Waals surface area contributed by atoms with E-state index in [1.807, 2.05) is 30.5 Å². The Morgan fingerprint density at radius 3 is 2.72 bits per heavy atom. The number of nitrogens with zero attached hydrogens (tertiary/aromatic N) is 3. The Balaban J connectivity index is 1.62. The van der Waals surface area contributed by atoms with E-state index < -0.39 is 10.0 Å². The third-order valence-electron chi connectivity index (χ3n) is 5.90. The highest BCUT2D eigenvalue weighted by Gasteiger charge is 2.35. The van der Waals surface area contributed by atoms with Crippen LogP contribution >= 0.6 is 0 Å². The number of benzene rings is 1. The number of imidazole rings is 1. The van der Waals surface area contributed by atoms with Crippen LogP contribution in [0.5, 0.6) is 5.75 Å². The lowest BCUT2D eigenvalue weighted by atomic mass is 10.1. The molecule has 2 heterocycles. The molecule has 2 aromatic rings. The largest absolute Gasteiger partial charge is 0.490 e. The monoisotopic (exact) mass is 419 g/mol. The SMILES string of the molecule is CN(C)S(=O)(=O)C[C@H]1COC[C@H]1n1ccnc1-c1ccccc1OC1CCCC1. The number of sulfonamides is 1. The van der Waals surface area contributed by atoms with E-state index in [2.05, 4.69) is 9.55 Å². The van der Waals surface area contributed by atoms with E-state index in [0.29, 0.717) is 13.2 Å². The molecule has 7 nitrogen and oxygen atoms in total. The standard InChI is InChI=1S/C21H29N3O4S/c1-23(2)29(25,26)15-16-13-27-14-19(16)24-12-11-22-21(24)18-9-5-6-10-20(18)28-17-7-3-4-8-17/h5-6,9-12,16-17,19H,3-4,7-8,13-15H2,1-2H3/t16-,19-/m1/s1. The van der Waals surface area contributed by atoms with Crippen molar-refractivity contribution in [1.29, 1.82) is 0 Å². The molecular weight excluding hydrogens is 390 g/mol. The van der Waals surface area contributed by atoms with Gasteiger partial charge >= 0.3 is 0 Å². The molecule has 8 heteroatoms. The Labute approximate surface area is 172 Å². The van der Waals surface area contributed by atoms with Crippen LogP contribution in [0.3, 0.4) is 0 Å². The predicted octanol–water partition coefficient (Wildman–Crippen LogP) is 2.95. The topological polar surface area (TPSA) is 73.7 Å². The molecule has 1 aromatic heterocycles. The highest BCUT2D eigenvalue weighted by atomic mass is 32.2. The summed E-state index contributed by atoms with van der Waals surface area (Å²) < 4.78 is 40.2. The Morgan fingerprint density at radius 1 is 1.21 bits per heavy atom. The highest BCUT2D eigenvalue weighted by Crippen LogP contribution is 2.36. The minimum atomic E-state index is -3.31. The number of hydrogen-bond acceptors (Lipinski definition) is 5. The first kappa shape index (κ1) is 20.4. The van der Waals surface area contributed by atoms with Crippen molar-refractivity contribution in [2.75, 3.05) is 33.1 Å². The zero-order chi connectivity index (χ0) is 20.4. The molecule has 158 valence electrons. The zero-order valence-electron chi connectivity index (χ0n) is 17.0. The van der Waals surface area contributed by atoms with Gasteiger partial charge in [0.05, 0.1) is 36.7 Å². The van der Waals surface area contributed by atoms with Gasteiger partial charge in [-0.15, -0.1) is 0 Å². The van der Waals surface area contributed by atoms with E-state index in [0.717, 1.165) is 30.0 Å². The fourth-order valence-corrected chi connectivity index (χ4v) is 5.36. The molecule has 0 unspecified atom stereocenters. The maximum atomic E-state index is 12.4. The average Bonchev–Trinajstić information content (AvgIpc) is 3.43. The molecule has 1 saturated carbocycles. The van der Waals surface area contributed by atoms with Gasteiger partial charge in [0.15, 0.2) is 0 Å². The van der Waals surface area contributed by atoms with E-state index >= 15 is 0 Å². The smallest absolute Gasteiger partial charge is 0.214 e. The molecular formula is C21H29N3O4S. The van der Waals surface area contributed by atoms with Gasteiger partial charge in [-0.1, -0.05) is 12.1 Å². The van der Waals surface area contributed by atoms with Gasteiger partial charge < -0.3 is 14.0 Å². The van der Waals surface area contributed by atoms with Crippen molar-refractivity contribution in [1.82, 2.24) is 13.9 Å². The lowest BCUT2D eigenvalue weighted by Gasteiger charge is -2.23. The molecule has 1 aliphatic heterocycles. The summed E-state index contributed by atoms with van der Waals surface area (Å²) in [6.07, 6.45) is 8.53. The van der Waals surface area contributed by atoms with Crippen LogP contribution in [-0.4, -0.2) is 61.4 Å². The van der Waals surface area contributed by atoms with Crippen molar-refractivity contribution >= 4 is 10.0 Å². The normalized spacial score (nSPS) is 23.1. The number of hydrogen-bond donors (Lipinski definition) is 0. The quantitative estimate of drug-likeness (QED) is 0.690. The first-order valence-electron chi connectivity index (χ1n) is 10.2. The second-order valence-corrected chi connectivity index (χ2v) is 10.3. The summed E-state index contributed by atoms with van der Waals surface area (Å²) in [5.41, 5.74) is 0.936. The molecule has 0 bridgehead atoms. The van der Waals surface area contributed by atoms with Crippen molar-refractivity contribution in [3.8, 4) is 17.1 Å². The second-order valence-electron chi connectivity index (χ2n) is 8.10. The van der Waals surface area contributed by atoms with Gasteiger partial charge in [-0.2, -0.15) is 0 Å².